The predicted molar refractivity (Wildman–Crippen MR) is 60.2 cm³/mol. The van der Waals surface area contributed by atoms with Crippen LogP contribution in [0.4, 0.5) is 0 Å². The molecule has 0 aromatic carbocycles. The van der Waals surface area contributed by atoms with Crippen molar-refractivity contribution in [3.05, 3.63) is 0 Å². The van der Waals surface area contributed by atoms with Gasteiger partial charge in [-0.3, -0.25) is 4.79 Å². The Morgan fingerprint density at radius 2 is 1.69 bits per heavy atom. The quantitative estimate of drug-likeness (QED) is 0.689. The first kappa shape index (κ1) is 14.9. The van der Waals surface area contributed by atoms with Gasteiger partial charge >= 0.3 is 5.97 Å². The van der Waals surface area contributed by atoms with E-state index in [4.69, 9.17) is 9.84 Å². The van der Waals surface area contributed by atoms with Crippen molar-refractivity contribution >= 4 is 11.9 Å². The summed E-state index contributed by atoms with van der Waals surface area (Å²) in [7, 11) is 0. The minimum Gasteiger partial charge on any atom is -0.479 e. The number of carbonyl (C=O) groups is 2. The first-order valence-corrected chi connectivity index (χ1v) is 5.60. The van der Waals surface area contributed by atoms with Gasteiger partial charge in [0.15, 0.2) is 6.10 Å². The molecular formula is C11H21NO4. The van der Waals surface area contributed by atoms with E-state index in [0.717, 1.165) is 12.8 Å². The zero-order chi connectivity index (χ0) is 12.7. The Morgan fingerprint density at radius 1 is 1.19 bits per heavy atom. The van der Waals surface area contributed by atoms with Crippen molar-refractivity contribution in [2.24, 2.45) is 0 Å². The van der Waals surface area contributed by atoms with Gasteiger partial charge in [-0.05, 0) is 26.7 Å². The molecule has 94 valence electrons. The van der Waals surface area contributed by atoms with Crippen LogP contribution in [0.5, 0.6) is 0 Å². The summed E-state index contributed by atoms with van der Waals surface area (Å²) in [4.78, 5) is 22.1. The van der Waals surface area contributed by atoms with Crippen LogP contribution in [0.3, 0.4) is 0 Å². The Balaban J connectivity index is 4.13. The Kier molecular flexibility index (Phi) is 6.72. The van der Waals surface area contributed by atoms with Gasteiger partial charge < -0.3 is 15.2 Å². The monoisotopic (exact) mass is 231 g/mol. The maximum Gasteiger partial charge on any atom is 0.332 e. The number of nitrogens with one attached hydrogen (secondary N) is 1. The van der Waals surface area contributed by atoms with Gasteiger partial charge in [-0.25, -0.2) is 4.79 Å². The number of hydrogen-bond acceptors (Lipinski definition) is 3. The molecular weight excluding hydrogens is 210 g/mol. The molecule has 16 heavy (non-hydrogen) atoms. The number of aliphatic carboxylic acids is 1. The van der Waals surface area contributed by atoms with Gasteiger partial charge in [0.05, 0.1) is 0 Å². The maximum absolute atomic E-state index is 11.6. The Labute approximate surface area is 96.2 Å². The molecule has 5 heteroatoms. The molecule has 0 aliphatic heterocycles. The van der Waals surface area contributed by atoms with Gasteiger partial charge in [0.1, 0.15) is 6.10 Å². The molecule has 5 nitrogen and oxygen atoms in total. The third kappa shape index (κ3) is 5.11. The van der Waals surface area contributed by atoms with Crippen molar-refractivity contribution in [2.75, 3.05) is 0 Å². The predicted octanol–water partition coefficient (Wildman–Crippen LogP) is 1.17. The molecule has 0 heterocycles. The van der Waals surface area contributed by atoms with Gasteiger partial charge in [0.2, 0.25) is 5.91 Å². The minimum atomic E-state index is -1.07. The van der Waals surface area contributed by atoms with E-state index in [1.807, 2.05) is 13.8 Å². The number of carboxylic acids is 1. The molecule has 0 bridgehead atoms. The van der Waals surface area contributed by atoms with E-state index in [2.05, 4.69) is 5.32 Å². The molecule has 2 N–H and O–H groups in total. The van der Waals surface area contributed by atoms with Crippen molar-refractivity contribution in [3.8, 4) is 0 Å². The maximum atomic E-state index is 11.6. The lowest BCUT2D eigenvalue weighted by Gasteiger charge is -2.20. The normalized spacial score (nSPS) is 14.6. The van der Waals surface area contributed by atoms with Crippen LogP contribution in [-0.4, -0.2) is 35.2 Å². The number of carboxylic acid groups (broad SMARTS) is 1. The number of carbonyl (C=O) groups excluding carboxylic acids is 1. The molecule has 0 aromatic rings. The largest absolute Gasteiger partial charge is 0.479 e. The van der Waals surface area contributed by atoms with Crippen molar-refractivity contribution < 1.29 is 19.4 Å². The minimum absolute atomic E-state index is 0.124. The van der Waals surface area contributed by atoms with Crippen LogP contribution in [0, 0.1) is 0 Å². The third-order valence-corrected chi connectivity index (χ3v) is 2.46. The second kappa shape index (κ2) is 7.22. The Bertz CT molecular complexity index is 238. The van der Waals surface area contributed by atoms with E-state index >= 15 is 0 Å². The number of rotatable bonds is 7. The second-order valence-corrected chi connectivity index (χ2v) is 3.78. The summed E-state index contributed by atoms with van der Waals surface area (Å²) >= 11 is 0. The van der Waals surface area contributed by atoms with Gasteiger partial charge in [0.25, 0.3) is 0 Å². The van der Waals surface area contributed by atoms with Gasteiger partial charge in [-0.1, -0.05) is 13.8 Å². The van der Waals surface area contributed by atoms with Crippen LogP contribution < -0.4 is 5.32 Å². The summed E-state index contributed by atoms with van der Waals surface area (Å²) in [5.41, 5.74) is 0. The zero-order valence-electron chi connectivity index (χ0n) is 10.3. The van der Waals surface area contributed by atoms with Crippen LogP contribution in [0.15, 0.2) is 0 Å². The molecule has 2 atom stereocenters. The van der Waals surface area contributed by atoms with Gasteiger partial charge in [-0.15, -0.1) is 0 Å². The van der Waals surface area contributed by atoms with E-state index < -0.39 is 18.2 Å². The number of hydrogen-bond donors (Lipinski definition) is 2. The lowest BCUT2D eigenvalue weighted by Crippen LogP contribution is -2.42. The Morgan fingerprint density at radius 3 is 2.06 bits per heavy atom. The molecule has 0 rings (SSSR count). The average Bonchev–Trinajstić information content (AvgIpc) is 2.24. The zero-order valence-corrected chi connectivity index (χ0v) is 10.3. The van der Waals surface area contributed by atoms with Crippen LogP contribution in [0.25, 0.3) is 0 Å². The van der Waals surface area contributed by atoms with E-state index in [-0.39, 0.29) is 11.9 Å². The van der Waals surface area contributed by atoms with Crippen LogP contribution in [0.1, 0.15) is 40.5 Å². The average molecular weight is 231 g/mol. The lowest BCUT2D eigenvalue weighted by atomic mass is 10.1. The third-order valence-electron chi connectivity index (χ3n) is 2.46. The molecule has 1 amide bonds. The fourth-order valence-corrected chi connectivity index (χ4v) is 1.24. The van der Waals surface area contributed by atoms with Crippen molar-refractivity contribution in [2.45, 2.75) is 58.8 Å². The first-order valence-electron chi connectivity index (χ1n) is 5.60. The molecule has 1 unspecified atom stereocenters. The van der Waals surface area contributed by atoms with Crippen LogP contribution in [0.2, 0.25) is 0 Å². The van der Waals surface area contributed by atoms with Crippen molar-refractivity contribution in [1.82, 2.24) is 5.32 Å². The molecule has 0 radical (unpaired) electrons. The van der Waals surface area contributed by atoms with Crippen LogP contribution in [-0.2, 0) is 14.3 Å². The molecule has 0 saturated heterocycles. The summed E-state index contributed by atoms with van der Waals surface area (Å²) in [5, 5.41) is 11.4. The van der Waals surface area contributed by atoms with E-state index in [1.54, 1.807) is 6.92 Å². The molecule has 0 aliphatic rings. The fraction of sp³-hybridized carbons (Fsp3) is 0.818. The summed E-state index contributed by atoms with van der Waals surface area (Å²) in [6, 6.07) is 0.124. The highest BCUT2D eigenvalue weighted by atomic mass is 16.5. The van der Waals surface area contributed by atoms with E-state index in [1.165, 1.54) is 6.92 Å². The fourth-order valence-electron chi connectivity index (χ4n) is 1.24. The highest BCUT2D eigenvalue weighted by Gasteiger charge is 2.21. The van der Waals surface area contributed by atoms with E-state index in [0.29, 0.717) is 0 Å². The highest BCUT2D eigenvalue weighted by molar-refractivity contribution is 5.81. The van der Waals surface area contributed by atoms with E-state index in [9.17, 15) is 9.59 Å². The standard InChI is InChI=1S/C11H21NO4/c1-5-9(6-2)12-10(13)7(3)16-8(4)11(14)15/h7-9H,5-6H2,1-4H3,(H,12,13)(H,14,15)/t7?,8-/m0/s1. The van der Waals surface area contributed by atoms with Gasteiger partial charge in [-0.2, -0.15) is 0 Å². The first-order chi connectivity index (χ1) is 7.42. The SMILES string of the molecule is CCC(CC)NC(=O)C(C)O[C@@H](C)C(=O)O. The molecule has 0 saturated carbocycles. The molecule has 0 fully saturated rings. The summed E-state index contributed by atoms with van der Waals surface area (Å²) in [5.74, 6) is -1.33. The topological polar surface area (TPSA) is 75.6 Å². The van der Waals surface area contributed by atoms with Crippen molar-refractivity contribution in [1.29, 1.82) is 0 Å². The molecule has 0 spiro atoms. The highest BCUT2D eigenvalue weighted by Crippen LogP contribution is 2.02. The Hall–Kier alpha value is -1.10. The lowest BCUT2D eigenvalue weighted by molar-refractivity contribution is -0.155. The summed E-state index contributed by atoms with van der Waals surface area (Å²) < 4.78 is 5.05. The number of amides is 1. The van der Waals surface area contributed by atoms with Crippen molar-refractivity contribution in [3.63, 3.8) is 0 Å². The summed E-state index contributed by atoms with van der Waals surface area (Å²) in [6.07, 6.45) is -0.0125. The number of ether oxygens (including phenoxy) is 1. The molecule has 0 aliphatic carbocycles. The van der Waals surface area contributed by atoms with Crippen LogP contribution >= 0.6 is 0 Å². The molecule has 0 aromatic heterocycles. The van der Waals surface area contributed by atoms with Gasteiger partial charge in [0, 0.05) is 6.04 Å². The smallest absolute Gasteiger partial charge is 0.332 e. The second-order valence-electron chi connectivity index (χ2n) is 3.78. The summed E-state index contributed by atoms with van der Waals surface area (Å²) in [6.45, 7) is 6.93.